The van der Waals surface area contributed by atoms with E-state index in [0.29, 0.717) is 17.4 Å². The average molecular weight is 403 g/mol. The van der Waals surface area contributed by atoms with E-state index in [-0.39, 0.29) is 6.03 Å². The first-order valence-corrected chi connectivity index (χ1v) is 10.5. The van der Waals surface area contributed by atoms with E-state index in [4.69, 9.17) is 6.42 Å². The number of nitrogens with zero attached hydrogens (tertiary/aromatic N) is 2. The lowest BCUT2D eigenvalue weighted by molar-refractivity contribution is 0.251. The Morgan fingerprint density at radius 3 is 2.66 bits per heavy atom. The fourth-order valence-corrected chi connectivity index (χ4v) is 4.06. The Bertz CT molecular complexity index is 1030. The highest BCUT2D eigenvalue weighted by atomic mass is 32.1. The number of terminal acetylenes is 1. The van der Waals surface area contributed by atoms with Crippen molar-refractivity contribution >= 4 is 28.9 Å². The number of benzene rings is 2. The van der Waals surface area contributed by atoms with Crippen molar-refractivity contribution in [3.8, 4) is 23.5 Å². The van der Waals surface area contributed by atoms with Crippen LogP contribution >= 0.6 is 11.3 Å². The highest BCUT2D eigenvalue weighted by molar-refractivity contribution is 7.10. The molecule has 1 fully saturated rings. The Kier molecular flexibility index (Phi) is 5.78. The Morgan fingerprint density at radius 2 is 1.93 bits per heavy atom. The summed E-state index contributed by atoms with van der Waals surface area (Å²) in [5.41, 5.74) is 4.67. The molecule has 3 aromatic rings. The molecule has 2 amide bonds. The van der Waals surface area contributed by atoms with E-state index in [9.17, 15) is 4.79 Å². The minimum absolute atomic E-state index is 0.293. The molecule has 0 aliphatic carbocycles. The van der Waals surface area contributed by atoms with Crippen molar-refractivity contribution in [2.45, 2.75) is 19.4 Å². The minimum Gasteiger partial charge on any atom is -0.371 e. The number of hydrogen-bond acceptors (Lipinski definition) is 4. The predicted molar refractivity (Wildman–Crippen MR) is 119 cm³/mol. The number of amides is 2. The quantitative estimate of drug-likeness (QED) is 0.608. The van der Waals surface area contributed by atoms with Crippen molar-refractivity contribution in [1.82, 2.24) is 10.3 Å². The maximum Gasteiger partial charge on any atom is 0.320 e. The first kappa shape index (κ1) is 19.0. The van der Waals surface area contributed by atoms with Gasteiger partial charge in [0.1, 0.15) is 5.82 Å². The van der Waals surface area contributed by atoms with Gasteiger partial charge >= 0.3 is 6.03 Å². The molecule has 0 atom stereocenters. The van der Waals surface area contributed by atoms with Gasteiger partial charge in [-0.25, -0.2) is 9.78 Å². The van der Waals surface area contributed by atoms with Gasteiger partial charge < -0.3 is 10.2 Å². The fraction of sp³-hybridized carbons (Fsp3) is 0.217. The third kappa shape index (κ3) is 4.58. The van der Waals surface area contributed by atoms with Gasteiger partial charge in [0.2, 0.25) is 0 Å². The van der Waals surface area contributed by atoms with E-state index in [0.717, 1.165) is 18.7 Å². The molecule has 2 aromatic carbocycles. The SMILES string of the molecule is C#Cc1nc(NC(=O)NCc2ccc(-c3ccccc3)cc2N2CCCC2)cs1. The van der Waals surface area contributed by atoms with E-state index < -0.39 is 0 Å². The Balaban J connectivity index is 1.50. The lowest BCUT2D eigenvalue weighted by Gasteiger charge is -2.23. The summed E-state index contributed by atoms with van der Waals surface area (Å²) in [5, 5.41) is 7.95. The zero-order chi connectivity index (χ0) is 20.1. The van der Waals surface area contributed by atoms with Crippen LogP contribution in [0.5, 0.6) is 0 Å². The van der Waals surface area contributed by atoms with E-state index in [1.54, 1.807) is 5.38 Å². The fourth-order valence-electron chi connectivity index (χ4n) is 3.51. The monoisotopic (exact) mass is 402 g/mol. The van der Waals surface area contributed by atoms with Crippen molar-refractivity contribution < 1.29 is 4.79 Å². The molecule has 5 nitrogen and oxygen atoms in total. The van der Waals surface area contributed by atoms with E-state index in [2.05, 4.69) is 68.9 Å². The summed E-state index contributed by atoms with van der Waals surface area (Å²) < 4.78 is 0. The molecular formula is C23H22N4OS. The zero-order valence-corrected chi connectivity index (χ0v) is 16.8. The van der Waals surface area contributed by atoms with Gasteiger partial charge in [0.25, 0.3) is 0 Å². The summed E-state index contributed by atoms with van der Waals surface area (Å²) in [4.78, 5) is 18.8. The lowest BCUT2D eigenvalue weighted by Crippen LogP contribution is -2.29. The maximum atomic E-state index is 12.3. The molecule has 1 aliphatic heterocycles. The predicted octanol–water partition coefficient (Wildman–Crippen LogP) is 4.71. The van der Waals surface area contributed by atoms with Crippen LogP contribution in [-0.4, -0.2) is 24.1 Å². The maximum absolute atomic E-state index is 12.3. The molecule has 0 spiro atoms. The lowest BCUT2D eigenvalue weighted by atomic mass is 10.0. The summed E-state index contributed by atoms with van der Waals surface area (Å²) in [5.74, 6) is 2.94. The third-order valence-electron chi connectivity index (χ3n) is 4.95. The second-order valence-corrected chi connectivity index (χ2v) is 7.75. The molecule has 1 aromatic heterocycles. The number of carbonyl (C=O) groups excluding carboxylic acids is 1. The number of aromatic nitrogens is 1. The van der Waals surface area contributed by atoms with Crippen LogP contribution in [0.1, 0.15) is 23.4 Å². The normalized spacial score (nSPS) is 13.1. The summed E-state index contributed by atoms with van der Waals surface area (Å²) in [6.45, 7) is 2.54. The van der Waals surface area contributed by atoms with Gasteiger partial charge in [0.15, 0.2) is 5.01 Å². The molecule has 0 saturated carbocycles. The van der Waals surface area contributed by atoms with E-state index >= 15 is 0 Å². The Labute approximate surface area is 174 Å². The highest BCUT2D eigenvalue weighted by Crippen LogP contribution is 2.30. The van der Waals surface area contributed by atoms with E-state index in [1.807, 2.05) is 6.07 Å². The van der Waals surface area contributed by atoms with Crippen LogP contribution < -0.4 is 15.5 Å². The molecule has 6 heteroatoms. The second-order valence-electron chi connectivity index (χ2n) is 6.89. The van der Waals surface area contributed by atoms with Crippen LogP contribution in [0.3, 0.4) is 0 Å². The third-order valence-corrected chi connectivity index (χ3v) is 5.72. The van der Waals surface area contributed by atoms with Gasteiger partial charge in [-0.15, -0.1) is 17.8 Å². The molecule has 1 saturated heterocycles. The molecule has 0 radical (unpaired) electrons. The van der Waals surface area contributed by atoms with Crippen LogP contribution in [-0.2, 0) is 6.54 Å². The molecule has 146 valence electrons. The van der Waals surface area contributed by atoms with Crippen LogP contribution in [0.15, 0.2) is 53.9 Å². The Hall–Kier alpha value is -3.30. The largest absolute Gasteiger partial charge is 0.371 e. The van der Waals surface area contributed by atoms with Crippen molar-refractivity contribution in [2.24, 2.45) is 0 Å². The number of thiazole rings is 1. The van der Waals surface area contributed by atoms with Crippen molar-refractivity contribution in [3.05, 3.63) is 64.5 Å². The number of nitrogens with one attached hydrogen (secondary N) is 2. The Morgan fingerprint density at radius 1 is 1.14 bits per heavy atom. The first-order valence-electron chi connectivity index (χ1n) is 9.63. The molecule has 29 heavy (non-hydrogen) atoms. The number of anilines is 2. The molecule has 1 aliphatic rings. The van der Waals surface area contributed by atoms with Gasteiger partial charge in [0, 0.05) is 30.7 Å². The van der Waals surface area contributed by atoms with Gasteiger partial charge in [0.05, 0.1) is 0 Å². The number of hydrogen-bond donors (Lipinski definition) is 2. The van der Waals surface area contributed by atoms with Crippen LogP contribution in [0.25, 0.3) is 11.1 Å². The smallest absolute Gasteiger partial charge is 0.320 e. The minimum atomic E-state index is -0.293. The van der Waals surface area contributed by atoms with Crippen LogP contribution in [0.4, 0.5) is 16.3 Å². The molecule has 0 unspecified atom stereocenters. The van der Waals surface area contributed by atoms with Crippen LogP contribution in [0.2, 0.25) is 0 Å². The van der Waals surface area contributed by atoms with E-state index in [1.165, 1.54) is 41.0 Å². The van der Waals surface area contributed by atoms with Crippen molar-refractivity contribution in [2.75, 3.05) is 23.3 Å². The average Bonchev–Trinajstić information content (AvgIpc) is 3.45. The highest BCUT2D eigenvalue weighted by Gasteiger charge is 2.17. The topological polar surface area (TPSA) is 57.3 Å². The van der Waals surface area contributed by atoms with Gasteiger partial charge in [-0.3, -0.25) is 5.32 Å². The van der Waals surface area contributed by atoms with Gasteiger partial charge in [-0.2, -0.15) is 0 Å². The van der Waals surface area contributed by atoms with Crippen LogP contribution in [0, 0.1) is 12.3 Å². The second kappa shape index (κ2) is 8.80. The zero-order valence-electron chi connectivity index (χ0n) is 16.0. The molecule has 2 N–H and O–H groups in total. The molecule has 2 heterocycles. The number of carbonyl (C=O) groups is 1. The molecule has 4 rings (SSSR count). The first-order chi connectivity index (χ1) is 14.2. The standard InChI is InChI=1S/C23H22N4OS/c1-2-22-25-21(16-29-22)26-23(28)24-15-19-11-10-18(17-8-4-3-5-9-17)14-20(19)27-12-6-7-13-27/h1,3-5,8-11,14,16H,6-7,12-13,15H2,(H2,24,26,28). The number of urea groups is 1. The molecule has 0 bridgehead atoms. The van der Waals surface area contributed by atoms with Crippen molar-refractivity contribution in [3.63, 3.8) is 0 Å². The van der Waals surface area contributed by atoms with Gasteiger partial charge in [-0.1, -0.05) is 42.5 Å². The summed E-state index contributed by atoms with van der Waals surface area (Å²) in [6, 6.07) is 16.5. The van der Waals surface area contributed by atoms with Crippen molar-refractivity contribution in [1.29, 1.82) is 0 Å². The summed E-state index contributed by atoms with van der Waals surface area (Å²) in [6.07, 6.45) is 7.72. The molecular weight excluding hydrogens is 380 g/mol. The summed E-state index contributed by atoms with van der Waals surface area (Å²) in [7, 11) is 0. The number of rotatable bonds is 5. The van der Waals surface area contributed by atoms with Gasteiger partial charge in [-0.05, 0) is 41.5 Å². The summed E-state index contributed by atoms with van der Waals surface area (Å²) >= 11 is 1.33.